The number of anilines is 2. The summed E-state index contributed by atoms with van der Waals surface area (Å²) < 4.78 is 0. The number of nitrogens with two attached hydrogens (primary N) is 1. The standard InChI is InChI=1S/C26H28N8O2/c27-22(31-25-20-4-1-5-21(35)24(20)32-26(28)33-25)15-34-10-8-17-7-6-16(11-18(17)14-34)12-23(36)30-19-3-2-9-29-13-19/h1-7,9,11,13,26,32,35H,8,10,12,14-15,28H2,(H,30,36)(H2,27,31,33). The Morgan fingerprint density at radius 2 is 2.11 bits per heavy atom. The van der Waals surface area contributed by atoms with E-state index in [2.05, 4.69) is 43.0 Å². The fraction of sp³-hybridized carbons (Fsp3) is 0.231. The Hall–Kier alpha value is -4.28. The van der Waals surface area contributed by atoms with Gasteiger partial charge in [-0.3, -0.25) is 25.8 Å². The smallest absolute Gasteiger partial charge is 0.228 e. The number of carbonyl (C=O) groups excluding carboxylic acids is 1. The molecule has 3 heterocycles. The molecule has 5 rings (SSSR count). The van der Waals surface area contributed by atoms with Crippen molar-refractivity contribution in [3.05, 3.63) is 83.2 Å². The van der Waals surface area contributed by atoms with Crippen molar-refractivity contribution in [2.45, 2.75) is 25.7 Å². The van der Waals surface area contributed by atoms with E-state index in [0.29, 0.717) is 35.9 Å². The van der Waals surface area contributed by atoms with E-state index in [0.717, 1.165) is 24.1 Å². The number of nitrogens with one attached hydrogen (secondary N) is 4. The maximum Gasteiger partial charge on any atom is 0.228 e. The number of aromatic nitrogens is 1. The van der Waals surface area contributed by atoms with Crippen LogP contribution in [-0.4, -0.2) is 51.9 Å². The number of amidine groups is 2. The second-order valence-electron chi connectivity index (χ2n) is 8.90. The van der Waals surface area contributed by atoms with Crippen molar-refractivity contribution in [3.8, 4) is 5.75 Å². The average Bonchev–Trinajstić information content (AvgIpc) is 2.85. The van der Waals surface area contributed by atoms with E-state index >= 15 is 0 Å². The summed E-state index contributed by atoms with van der Waals surface area (Å²) >= 11 is 0. The molecule has 0 bridgehead atoms. The van der Waals surface area contributed by atoms with Gasteiger partial charge in [-0.25, -0.2) is 4.99 Å². The van der Waals surface area contributed by atoms with Gasteiger partial charge < -0.3 is 21.1 Å². The lowest BCUT2D eigenvalue weighted by Crippen LogP contribution is -2.51. The number of carbonyl (C=O) groups is 1. The number of fused-ring (bicyclic) bond motifs is 2. The summed E-state index contributed by atoms with van der Waals surface area (Å²) in [4.78, 5) is 23.1. The minimum absolute atomic E-state index is 0.0845. The third kappa shape index (κ3) is 5.35. The molecule has 1 unspecified atom stereocenters. The first-order valence-electron chi connectivity index (χ1n) is 11.7. The predicted octanol–water partition coefficient (Wildman–Crippen LogP) is 2.01. The molecule has 0 aliphatic carbocycles. The van der Waals surface area contributed by atoms with E-state index < -0.39 is 6.29 Å². The molecule has 0 fully saturated rings. The summed E-state index contributed by atoms with van der Waals surface area (Å²) in [6.07, 6.45) is 3.81. The number of nitrogens with zero attached hydrogens (tertiary/aromatic N) is 3. The fourth-order valence-corrected chi connectivity index (χ4v) is 4.52. The van der Waals surface area contributed by atoms with Gasteiger partial charge in [-0.05, 0) is 47.4 Å². The Kier molecular flexibility index (Phi) is 6.61. The zero-order valence-electron chi connectivity index (χ0n) is 19.7. The number of phenolic OH excluding ortho intramolecular Hbond substituents is 1. The van der Waals surface area contributed by atoms with Crippen LogP contribution < -0.4 is 21.7 Å². The Morgan fingerprint density at radius 1 is 1.22 bits per heavy atom. The average molecular weight is 485 g/mol. The van der Waals surface area contributed by atoms with Crippen LogP contribution in [0.4, 0.5) is 11.4 Å². The van der Waals surface area contributed by atoms with Gasteiger partial charge in [0, 0.05) is 24.8 Å². The van der Waals surface area contributed by atoms with Gasteiger partial charge >= 0.3 is 0 Å². The number of para-hydroxylation sites is 1. The first-order valence-corrected chi connectivity index (χ1v) is 11.7. The highest BCUT2D eigenvalue weighted by Crippen LogP contribution is 2.29. The number of phenols is 1. The molecular weight excluding hydrogens is 456 g/mol. The van der Waals surface area contributed by atoms with Crippen LogP contribution in [0.3, 0.4) is 0 Å². The van der Waals surface area contributed by atoms with Gasteiger partial charge in [0.2, 0.25) is 5.91 Å². The van der Waals surface area contributed by atoms with Gasteiger partial charge in [-0.1, -0.05) is 24.3 Å². The highest BCUT2D eigenvalue weighted by molar-refractivity contribution is 6.11. The highest BCUT2D eigenvalue weighted by atomic mass is 16.3. The molecule has 1 aromatic heterocycles. The summed E-state index contributed by atoms with van der Waals surface area (Å²) in [5.41, 5.74) is 11.2. The summed E-state index contributed by atoms with van der Waals surface area (Å²) in [5, 5.41) is 27.5. The van der Waals surface area contributed by atoms with Gasteiger partial charge in [-0.2, -0.15) is 0 Å². The molecule has 3 aromatic rings. The van der Waals surface area contributed by atoms with Gasteiger partial charge in [0.1, 0.15) is 17.4 Å². The first-order chi connectivity index (χ1) is 17.4. The van der Waals surface area contributed by atoms with Gasteiger partial charge in [-0.15, -0.1) is 0 Å². The van der Waals surface area contributed by atoms with Crippen molar-refractivity contribution < 1.29 is 9.90 Å². The number of amides is 1. The lowest BCUT2D eigenvalue weighted by Gasteiger charge is -2.30. The minimum atomic E-state index is -0.618. The quantitative estimate of drug-likeness (QED) is 0.184. The first kappa shape index (κ1) is 23.5. The lowest BCUT2D eigenvalue weighted by molar-refractivity contribution is -0.115. The third-order valence-corrected chi connectivity index (χ3v) is 6.18. The zero-order chi connectivity index (χ0) is 25.1. The van der Waals surface area contributed by atoms with Crippen LogP contribution in [0.15, 0.2) is 65.9 Å². The van der Waals surface area contributed by atoms with Crippen LogP contribution in [0.2, 0.25) is 0 Å². The lowest BCUT2D eigenvalue weighted by atomic mass is 9.96. The number of hydrogen-bond acceptors (Lipinski definition) is 7. The van der Waals surface area contributed by atoms with E-state index in [1.165, 1.54) is 5.56 Å². The molecule has 0 saturated heterocycles. The van der Waals surface area contributed by atoms with Crippen LogP contribution in [-0.2, 0) is 24.2 Å². The molecule has 184 valence electrons. The van der Waals surface area contributed by atoms with Crippen LogP contribution in [0.25, 0.3) is 0 Å². The van der Waals surface area contributed by atoms with Crippen molar-refractivity contribution in [2.24, 2.45) is 10.7 Å². The van der Waals surface area contributed by atoms with Crippen molar-refractivity contribution in [1.29, 1.82) is 5.41 Å². The van der Waals surface area contributed by atoms with Crippen molar-refractivity contribution >= 4 is 29.0 Å². The van der Waals surface area contributed by atoms with E-state index in [1.54, 1.807) is 30.6 Å². The number of pyridine rings is 1. The molecule has 10 nitrogen and oxygen atoms in total. The number of hydrogen-bond donors (Lipinski definition) is 6. The molecule has 7 N–H and O–H groups in total. The van der Waals surface area contributed by atoms with Crippen molar-refractivity contribution in [1.82, 2.24) is 15.2 Å². The molecule has 0 radical (unpaired) electrons. The maximum absolute atomic E-state index is 12.5. The van der Waals surface area contributed by atoms with E-state index in [1.807, 2.05) is 18.2 Å². The van der Waals surface area contributed by atoms with Crippen LogP contribution in [0.1, 0.15) is 22.3 Å². The molecule has 36 heavy (non-hydrogen) atoms. The summed E-state index contributed by atoms with van der Waals surface area (Å²) in [5.74, 6) is 0.640. The summed E-state index contributed by atoms with van der Waals surface area (Å²) in [7, 11) is 0. The van der Waals surface area contributed by atoms with E-state index in [9.17, 15) is 9.90 Å². The maximum atomic E-state index is 12.5. The van der Waals surface area contributed by atoms with E-state index in [4.69, 9.17) is 11.1 Å². The second kappa shape index (κ2) is 10.1. The monoisotopic (exact) mass is 484 g/mol. The molecule has 2 aliphatic rings. The normalized spacial score (nSPS) is 17.9. The molecule has 10 heteroatoms. The molecule has 2 aliphatic heterocycles. The molecule has 1 amide bonds. The second-order valence-corrected chi connectivity index (χ2v) is 8.90. The number of benzene rings is 2. The summed E-state index contributed by atoms with van der Waals surface area (Å²) in [6.45, 7) is 1.85. The molecule has 1 atom stereocenters. The van der Waals surface area contributed by atoms with E-state index in [-0.39, 0.29) is 23.9 Å². The number of aliphatic imine (C=N–C) groups is 1. The van der Waals surface area contributed by atoms with Crippen LogP contribution in [0.5, 0.6) is 5.75 Å². The topological polar surface area (TPSA) is 152 Å². The fourth-order valence-electron chi connectivity index (χ4n) is 4.52. The Bertz CT molecular complexity index is 1320. The van der Waals surface area contributed by atoms with Crippen molar-refractivity contribution in [3.63, 3.8) is 0 Å². The minimum Gasteiger partial charge on any atom is -0.506 e. The molecule has 0 saturated carbocycles. The van der Waals surface area contributed by atoms with Crippen LogP contribution >= 0.6 is 0 Å². The molecule has 2 aromatic carbocycles. The predicted molar refractivity (Wildman–Crippen MR) is 139 cm³/mol. The Labute approximate surface area is 208 Å². The molecule has 0 spiro atoms. The third-order valence-electron chi connectivity index (χ3n) is 6.18. The van der Waals surface area contributed by atoms with Crippen LogP contribution in [0, 0.1) is 5.41 Å². The number of aromatic hydroxyl groups is 1. The summed E-state index contributed by atoms with van der Waals surface area (Å²) in [6, 6.07) is 14.9. The zero-order valence-corrected chi connectivity index (χ0v) is 19.7. The van der Waals surface area contributed by atoms with Gasteiger partial charge in [0.15, 0.2) is 6.29 Å². The SMILES string of the molecule is N=C(CN1CCc2ccc(CC(=O)Nc3cccnc3)cc2C1)/N=C1\NC(N)Nc2c(O)cccc21. The van der Waals surface area contributed by atoms with Gasteiger partial charge in [0.05, 0.1) is 30.5 Å². The Morgan fingerprint density at radius 3 is 2.94 bits per heavy atom. The highest BCUT2D eigenvalue weighted by Gasteiger charge is 2.23. The molecular formula is C26H28N8O2. The Balaban J connectivity index is 1.24. The largest absolute Gasteiger partial charge is 0.506 e. The van der Waals surface area contributed by atoms with Crippen molar-refractivity contribution in [2.75, 3.05) is 23.7 Å². The van der Waals surface area contributed by atoms with Gasteiger partial charge in [0.25, 0.3) is 0 Å². The number of rotatable bonds is 5.